The monoisotopic (exact) mass is 438 g/mol. The normalized spacial score (nSPS) is 34.2. The lowest BCUT2D eigenvalue weighted by Gasteiger charge is -2.52. The molecule has 0 aliphatic heterocycles. The number of oxime groups is 1. The molecule has 3 aliphatic rings. The maximum atomic E-state index is 11.5. The number of fused-ring (bicyclic) bond motifs is 5. The molecule has 166 valence electrons. The van der Waals surface area contributed by atoms with Gasteiger partial charge in [-0.3, -0.25) is 0 Å². The van der Waals surface area contributed by atoms with Gasteiger partial charge in [0.25, 0.3) is 0 Å². The van der Waals surface area contributed by atoms with Crippen LogP contribution in [0, 0.1) is 17.3 Å². The minimum absolute atomic E-state index is 0.00243. The molecule has 5 atom stereocenters. The van der Waals surface area contributed by atoms with E-state index in [1.54, 1.807) is 6.07 Å². The van der Waals surface area contributed by atoms with Crippen LogP contribution in [-0.4, -0.2) is 39.7 Å². The van der Waals surface area contributed by atoms with Crippen LogP contribution in [0.25, 0.3) is 0 Å². The number of rotatable bonds is 5. The Morgan fingerprint density at radius 1 is 1.23 bits per heavy atom. The molecule has 0 unspecified atom stereocenters. The average Bonchev–Trinajstić information content (AvgIpc) is 3.10. The molecule has 2 fully saturated rings. The van der Waals surface area contributed by atoms with Crippen molar-refractivity contribution in [2.45, 2.75) is 57.5 Å². The highest BCUT2D eigenvalue weighted by Gasteiger charge is 2.57. The lowest BCUT2D eigenvalue weighted by Crippen LogP contribution is -2.47. The van der Waals surface area contributed by atoms with Crippen LogP contribution in [0.2, 0.25) is 0 Å². The highest BCUT2D eigenvalue weighted by atomic mass is 32.2. The molecule has 8 nitrogen and oxygen atoms in total. The lowest BCUT2D eigenvalue weighted by molar-refractivity contribution is -0.0558. The maximum Gasteiger partial charge on any atom is 0.380 e. The first-order valence-electron chi connectivity index (χ1n) is 10.5. The molecule has 0 saturated heterocycles. The van der Waals surface area contributed by atoms with Gasteiger partial charge in [-0.25, -0.2) is 0 Å². The molecule has 0 aromatic heterocycles. The molecular weight excluding hydrogens is 408 g/mol. The Morgan fingerprint density at radius 3 is 2.60 bits per heavy atom. The highest BCUT2D eigenvalue weighted by Crippen LogP contribution is 2.63. The second-order valence-electron chi connectivity index (χ2n) is 8.72. The van der Waals surface area contributed by atoms with Crippen LogP contribution in [0.3, 0.4) is 0 Å². The van der Waals surface area contributed by atoms with Crippen LogP contribution in [0.5, 0.6) is 11.5 Å². The first kappa shape index (κ1) is 21.4. The third-order valence-corrected chi connectivity index (χ3v) is 8.23. The smallest absolute Gasteiger partial charge is 0.380 e. The molecule has 1 aromatic rings. The fourth-order valence-electron chi connectivity index (χ4n) is 6.65. The Bertz CT molecular complexity index is 962. The fraction of sp³-hybridized carbons (Fsp3) is 0.667. The van der Waals surface area contributed by atoms with Crippen LogP contribution >= 0.6 is 0 Å². The molecule has 9 heteroatoms. The van der Waals surface area contributed by atoms with E-state index in [-0.39, 0.29) is 23.2 Å². The number of ether oxygens (including phenoxy) is 2. The van der Waals surface area contributed by atoms with Crippen LogP contribution in [-0.2, 0) is 15.0 Å². The zero-order chi connectivity index (χ0) is 21.7. The second-order valence-corrected chi connectivity index (χ2v) is 9.87. The molecule has 0 bridgehead atoms. The van der Waals surface area contributed by atoms with Crippen molar-refractivity contribution in [3.63, 3.8) is 0 Å². The number of methoxy groups -OCH3 is 2. The predicted octanol–water partition coefficient (Wildman–Crippen LogP) is 3.17. The van der Waals surface area contributed by atoms with E-state index in [1.165, 1.54) is 7.11 Å². The number of nitrogens with two attached hydrogens (primary N) is 1. The van der Waals surface area contributed by atoms with E-state index in [0.29, 0.717) is 35.3 Å². The van der Waals surface area contributed by atoms with Gasteiger partial charge in [-0.05, 0) is 79.4 Å². The molecule has 3 aliphatic carbocycles. The fourth-order valence-corrected chi connectivity index (χ4v) is 7.03. The van der Waals surface area contributed by atoms with E-state index in [0.717, 1.165) is 37.7 Å². The Balaban J connectivity index is 1.79. The summed E-state index contributed by atoms with van der Waals surface area (Å²) in [4.78, 5) is 0. The summed E-state index contributed by atoms with van der Waals surface area (Å²) >= 11 is 0. The Labute approximate surface area is 177 Å². The van der Waals surface area contributed by atoms with Gasteiger partial charge in [-0.1, -0.05) is 12.1 Å². The summed E-state index contributed by atoms with van der Waals surface area (Å²) in [5.41, 5.74) is 2.42. The maximum absolute atomic E-state index is 11.5. The average molecular weight is 439 g/mol. The number of hydrogen-bond acceptors (Lipinski definition) is 7. The second kappa shape index (κ2) is 7.69. The molecule has 4 rings (SSSR count). The number of hydrogen-bond donors (Lipinski definition) is 2. The first-order valence-corrected chi connectivity index (χ1v) is 11.9. The molecule has 0 amide bonds. The minimum atomic E-state index is -4.21. The van der Waals surface area contributed by atoms with E-state index >= 15 is 0 Å². The largest absolute Gasteiger partial charge is 0.493 e. The van der Waals surface area contributed by atoms with Gasteiger partial charge < -0.3 is 18.9 Å². The first-order chi connectivity index (χ1) is 14.3. The predicted molar refractivity (Wildman–Crippen MR) is 111 cm³/mol. The molecule has 0 radical (unpaired) electrons. The van der Waals surface area contributed by atoms with Gasteiger partial charge in [0, 0.05) is 12.7 Å². The van der Waals surface area contributed by atoms with Crippen molar-refractivity contribution in [1.29, 1.82) is 0 Å². The summed E-state index contributed by atoms with van der Waals surface area (Å²) < 4.78 is 39.2. The SMILES string of the molecule is CC[C@]12CC[C@@H]3c4cc(OC)c(OS(N)(=O)=O)cc4/C(=N/O)C[C@H]3[C@@H]1CC[C@@H]2OC. The summed E-state index contributed by atoms with van der Waals surface area (Å²) in [6.45, 7) is 2.25. The summed E-state index contributed by atoms with van der Waals surface area (Å²) in [5.74, 6) is 1.41. The van der Waals surface area contributed by atoms with Gasteiger partial charge >= 0.3 is 10.3 Å². The van der Waals surface area contributed by atoms with Crippen molar-refractivity contribution in [2.24, 2.45) is 27.5 Å². The van der Waals surface area contributed by atoms with Gasteiger partial charge in [0.2, 0.25) is 0 Å². The van der Waals surface area contributed by atoms with Crippen molar-refractivity contribution in [2.75, 3.05) is 14.2 Å². The van der Waals surface area contributed by atoms with Crippen molar-refractivity contribution >= 4 is 16.0 Å². The molecule has 0 spiro atoms. The van der Waals surface area contributed by atoms with Gasteiger partial charge in [0.05, 0.1) is 18.9 Å². The Morgan fingerprint density at radius 2 is 2.00 bits per heavy atom. The summed E-state index contributed by atoms with van der Waals surface area (Å²) in [6, 6.07) is 3.39. The van der Waals surface area contributed by atoms with Crippen molar-refractivity contribution in [3.05, 3.63) is 23.3 Å². The van der Waals surface area contributed by atoms with Crippen molar-refractivity contribution in [3.8, 4) is 11.5 Å². The van der Waals surface area contributed by atoms with Gasteiger partial charge in [0.1, 0.15) is 0 Å². The lowest BCUT2D eigenvalue weighted by atomic mass is 9.53. The number of nitrogens with zero attached hydrogens (tertiary/aromatic N) is 1. The summed E-state index contributed by atoms with van der Waals surface area (Å²) in [6.07, 6.45) is 6.22. The molecule has 2 saturated carbocycles. The van der Waals surface area contributed by atoms with Gasteiger partial charge in [-0.2, -0.15) is 13.6 Å². The van der Waals surface area contributed by atoms with Gasteiger partial charge in [0.15, 0.2) is 11.5 Å². The highest BCUT2D eigenvalue weighted by molar-refractivity contribution is 7.84. The van der Waals surface area contributed by atoms with E-state index in [2.05, 4.69) is 12.1 Å². The van der Waals surface area contributed by atoms with Crippen molar-refractivity contribution in [1.82, 2.24) is 0 Å². The van der Waals surface area contributed by atoms with E-state index in [4.69, 9.17) is 18.8 Å². The summed E-state index contributed by atoms with van der Waals surface area (Å²) in [5, 5.41) is 18.4. The molecule has 1 aromatic carbocycles. The standard InChI is InChI=1S/C21H30N2O6S/c1-4-21-8-7-12-13-10-18(27-2)19(29-30(22,25)26)11-15(13)17(23-24)9-14(12)16(21)5-6-20(21)28-3/h10-12,14,16,20,24H,4-9H2,1-3H3,(H2,22,25,26)/b23-17+/t12-,14-,16+,20+,21+/m1/s1. The quantitative estimate of drug-likeness (QED) is 0.538. The van der Waals surface area contributed by atoms with Crippen molar-refractivity contribution < 1.29 is 27.3 Å². The van der Waals surface area contributed by atoms with E-state index in [1.807, 2.05) is 13.2 Å². The van der Waals surface area contributed by atoms with Crippen LogP contribution in [0.1, 0.15) is 62.5 Å². The molecule has 30 heavy (non-hydrogen) atoms. The Kier molecular flexibility index (Phi) is 5.48. The topological polar surface area (TPSA) is 120 Å². The zero-order valence-corrected chi connectivity index (χ0v) is 18.4. The summed E-state index contributed by atoms with van der Waals surface area (Å²) in [7, 11) is -0.941. The van der Waals surface area contributed by atoms with Crippen LogP contribution in [0.15, 0.2) is 17.3 Å². The zero-order valence-electron chi connectivity index (χ0n) is 17.6. The molecular formula is C21H30N2O6S. The van der Waals surface area contributed by atoms with E-state index < -0.39 is 10.3 Å². The minimum Gasteiger partial charge on any atom is -0.493 e. The van der Waals surface area contributed by atoms with E-state index in [9.17, 15) is 13.6 Å². The molecule has 3 N–H and O–H groups in total. The third-order valence-electron chi connectivity index (χ3n) is 7.82. The molecule has 0 heterocycles. The van der Waals surface area contributed by atoms with Gasteiger partial charge in [-0.15, -0.1) is 0 Å². The number of benzene rings is 1. The Hall–Kier alpha value is -1.84. The van der Waals surface area contributed by atoms with Crippen LogP contribution in [0.4, 0.5) is 0 Å². The van der Waals surface area contributed by atoms with Crippen LogP contribution < -0.4 is 14.1 Å². The third kappa shape index (κ3) is 3.27.